The number of carbonyl (C=O) groups is 1. The van der Waals surface area contributed by atoms with E-state index in [-0.39, 0.29) is 17.9 Å². The van der Waals surface area contributed by atoms with Gasteiger partial charge in [0.05, 0.1) is 28.4 Å². The lowest BCUT2D eigenvalue weighted by molar-refractivity contribution is -0.385. The average molecular weight is 436 g/mol. The third-order valence-electron chi connectivity index (χ3n) is 4.81. The molecule has 1 atom stereocenters. The first-order valence-corrected chi connectivity index (χ1v) is 9.27. The molecule has 1 N–H and O–H groups in total. The summed E-state index contributed by atoms with van der Waals surface area (Å²) in [5.74, 6) is -0.690. The summed E-state index contributed by atoms with van der Waals surface area (Å²) in [6.07, 6.45) is -2.04. The number of carbonyl (C=O) groups excluding carboxylic acids is 1. The highest BCUT2D eigenvalue weighted by atomic mass is 19.4. The Balaban J connectivity index is 1.88. The normalized spacial score (nSPS) is 12.6. The summed E-state index contributed by atoms with van der Waals surface area (Å²) >= 11 is 0. The smallest absolute Gasteiger partial charge is 0.344 e. The SMILES string of the molecule is CCn1ncc([N+](=O)[O-])c1C(=O)NC(C)c1cnn(-c2cccc(C(F)(F)F)c2)c1C. The van der Waals surface area contributed by atoms with Crippen molar-refractivity contribution in [2.45, 2.75) is 39.5 Å². The molecule has 1 aromatic carbocycles. The van der Waals surface area contributed by atoms with E-state index in [0.29, 0.717) is 11.3 Å². The zero-order chi connectivity index (χ0) is 22.9. The number of hydrogen-bond donors (Lipinski definition) is 1. The lowest BCUT2D eigenvalue weighted by Gasteiger charge is -2.15. The van der Waals surface area contributed by atoms with Crippen molar-refractivity contribution in [1.82, 2.24) is 24.9 Å². The Morgan fingerprint density at radius 1 is 1.29 bits per heavy atom. The number of amides is 1. The fourth-order valence-corrected chi connectivity index (χ4v) is 3.25. The molecule has 1 amide bonds. The molecule has 0 fully saturated rings. The van der Waals surface area contributed by atoms with Gasteiger partial charge < -0.3 is 5.32 Å². The van der Waals surface area contributed by atoms with Crippen molar-refractivity contribution in [3.63, 3.8) is 0 Å². The second kappa shape index (κ2) is 8.20. The molecule has 2 heterocycles. The van der Waals surface area contributed by atoms with Gasteiger partial charge in [-0.2, -0.15) is 23.4 Å². The van der Waals surface area contributed by atoms with E-state index in [1.807, 2.05) is 0 Å². The van der Waals surface area contributed by atoms with E-state index in [9.17, 15) is 28.1 Å². The molecule has 1 unspecified atom stereocenters. The standard InChI is InChI=1S/C19H19F3N6O3/c1-4-26-17(16(10-23-26)28(30)31)18(29)25-11(2)15-9-24-27(12(15)3)14-7-5-6-13(8-14)19(20,21)22/h5-11H,4H2,1-3H3,(H,25,29). The number of benzene rings is 1. The summed E-state index contributed by atoms with van der Waals surface area (Å²) in [5, 5.41) is 21.9. The molecule has 9 nitrogen and oxygen atoms in total. The molecule has 0 aliphatic rings. The van der Waals surface area contributed by atoms with Crippen LogP contribution in [-0.4, -0.2) is 30.4 Å². The van der Waals surface area contributed by atoms with Crippen LogP contribution < -0.4 is 5.32 Å². The molecular formula is C19H19F3N6O3. The van der Waals surface area contributed by atoms with Gasteiger partial charge in [-0.15, -0.1) is 0 Å². The van der Waals surface area contributed by atoms with Crippen LogP contribution in [0.5, 0.6) is 0 Å². The summed E-state index contributed by atoms with van der Waals surface area (Å²) in [6, 6.07) is 4.11. The Morgan fingerprint density at radius 3 is 2.61 bits per heavy atom. The first-order valence-electron chi connectivity index (χ1n) is 9.27. The molecule has 0 spiro atoms. The Bertz CT molecular complexity index is 1140. The molecule has 12 heteroatoms. The van der Waals surface area contributed by atoms with Crippen LogP contribution in [0.25, 0.3) is 5.69 Å². The molecule has 0 saturated carbocycles. The first kappa shape index (κ1) is 22.0. The third-order valence-corrected chi connectivity index (χ3v) is 4.81. The minimum absolute atomic E-state index is 0.178. The second-order valence-electron chi connectivity index (χ2n) is 6.79. The van der Waals surface area contributed by atoms with Crippen molar-refractivity contribution in [2.24, 2.45) is 0 Å². The van der Waals surface area contributed by atoms with Gasteiger partial charge in [0.15, 0.2) is 0 Å². The predicted octanol–water partition coefficient (Wildman–Crippen LogP) is 3.82. The summed E-state index contributed by atoms with van der Waals surface area (Å²) < 4.78 is 41.6. The molecule has 3 aromatic rings. The number of nitrogens with zero attached hydrogens (tertiary/aromatic N) is 5. The van der Waals surface area contributed by atoms with Crippen molar-refractivity contribution in [3.05, 3.63) is 69.3 Å². The molecule has 0 aliphatic heterocycles. The lowest BCUT2D eigenvalue weighted by atomic mass is 10.1. The van der Waals surface area contributed by atoms with Gasteiger partial charge in [-0.1, -0.05) is 6.07 Å². The maximum atomic E-state index is 13.0. The number of alkyl halides is 3. The minimum Gasteiger partial charge on any atom is -0.344 e. The number of hydrogen-bond acceptors (Lipinski definition) is 5. The predicted molar refractivity (Wildman–Crippen MR) is 104 cm³/mol. The fraction of sp³-hybridized carbons (Fsp3) is 0.316. The van der Waals surface area contributed by atoms with Gasteiger partial charge in [0.2, 0.25) is 5.69 Å². The van der Waals surface area contributed by atoms with E-state index >= 15 is 0 Å². The highest BCUT2D eigenvalue weighted by Gasteiger charge is 2.31. The largest absolute Gasteiger partial charge is 0.416 e. The third kappa shape index (κ3) is 4.27. The summed E-state index contributed by atoms with van der Waals surface area (Å²) in [7, 11) is 0. The average Bonchev–Trinajstić information content (AvgIpc) is 3.31. The summed E-state index contributed by atoms with van der Waals surface area (Å²) in [6.45, 7) is 5.26. The lowest BCUT2D eigenvalue weighted by Crippen LogP contribution is -2.29. The number of halogens is 3. The zero-order valence-electron chi connectivity index (χ0n) is 16.8. The van der Waals surface area contributed by atoms with Crippen LogP contribution in [0.2, 0.25) is 0 Å². The zero-order valence-corrected chi connectivity index (χ0v) is 16.8. The van der Waals surface area contributed by atoms with Crippen molar-refractivity contribution in [1.29, 1.82) is 0 Å². The van der Waals surface area contributed by atoms with Crippen LogP contribution in [0.3, 0.4) is 0 Å². The molecule has 0 saturated heterocycles. The Hall–Kier alpha value is -3.70. The number of nitrogens with one attached hydrogen (secondary N) is 1. The molecule has 0 aliphatic carbocycles. The van der Waals surface area contributed by atoms with E-state index in [1.165, 1.54) is 27.7 Å². The van der Waals surface area contributed by atoms with Gasteiger partial charge in [-0.25, -0.2) is 4.68 Å². The second-order valence-corrected chi connectivity index (χ2v) is 6.79. The fourth-order valence-electron chi connectivity index (χ4n) is 3.25. The van der Waals surface area contributed by atoms with Crippen LogP contribution in [0.4, 0.5) is 18.9 Å². The van der Waals surface area contributed by atoms with Gasteiger partial charge >= 0.3 is 11.9 Å². The number of aromatic nitrogens is 4. The topological polar surface area (TPSA) is 108 Å². The van der Waals surface area contributed by atoms with E-state index in [1.54, 1.807) is 20.8 Å². The molecule has 31 heavy (non-hydrogen) atoms. The van der Waals surface area contributed by atoms with Gasteiger partial charge in [0.25, 0.3) is 5.91 Å². The van der Waals surface area contributed by atoms with E-state index in [0.717, 1.165) is 18.3 Å². The highest BCUT2D eigenvalue weighted by Crippen LogP contribution is 2.31. The number of nitro groups is 1. The van der Waals surface area contributed by atoms with Crippen molar-refractivity contribution >= 4 is 11.6 Å². The molecule has 3 rings (SSSR count). The van der Waals surface area contributed by atoms with Crippen LogP contribution in [0, 0.1) is 17.0 Å². The van der Waals surface area contributed by atoms with Crippen molar-refractivity contribution in [3.8, 4) is 5.69 Å². The van der Waals surface area contributed by atoms with Gasteiger partial charge in [-0.3, -0.25) is 19.6 Å². The molecular weight excluding hydrogens is 417 g/mol. The Labute approximate surface area is 174 Å². The maximum absolute atomic E-state index is 13.0. The highest BCUT2D eigenvalue weighted by molar-refractivity contribution is 5.96. The quantitative estimate of drug-likeness (QED) is 0.467. The Morgan fingerprint density at radius 2 is 2.00 bits per heavy atom. The van der Waals surface area contributed by atoms with E-state index in [2.05, 4.69) is 15.5 Å². The molecule has 0 bridgehead atoms. The number of aryl methyl sites for hydroxylation is 1. The van der Waals surface area contributed by atoms with Gasteiger partial charge in [-0.05, 0) is 39.0 Å². The van der Waals surface area contributed by atoms with Crippen molar-refractivity contribution < 1.29 is 22.9 Å². The maximum Gasteiger partial charge on any atom is 0.416 e. The van der Waals surface area contributed by atoms with Crippen LogP contribution in [-0.2, 0) is 12.7 Å². The minimum atomic E-state index is -4.49. The van der Waals surface area contributed by atoms with Crippen LogP contribution >= 0.6 is 0 Å². The first-order chi connectivity index (χ1) is 14.5. The van der Waals surface area contributed by atoms with E-state index < -0.39 is 34.3 Å². The van der Waals surface area contributed by atoms with E-state index in [4.69, 9.17) is 0 Å². The summed E-state index contributed by atoms with van der Waals surface area (Å²) in [5.41, 5.74) is -0.105. The monoisotopic (exact) mass is 436 g/mol. The van der Waals surface area contributed by atoms with Crippen LogP contribution in [0.1, 0.15) is 47.2 Å². The van der Waals surface area contributed by atoms with Gasteiger partial charge in [0.1, 0.15) is 6.20 Å². The molecule has 164 valence electrons. The molecule has 2 aromatic heterocycles. The summed E-state index contributed by atoms with van der Waals surface area (Å²) in [4.78, 5) is 23.2. The number of rotatable bonds is 6. The van der Waals surface area contributed by atoms with Crippen LogP contribution in [0.15, 0.2) is 36.7 Å². The van der Waals surface area contributed by atoms with Crippen molar-refractivity contribution in [2.75, 3.05) is 0 Å². The van der Waals surface area contributed by atoms with Gasteiger partial charge in [0, 0.05) is 17.8 Å². The molecule has 0 radical (unpaired) electrons. The Kier molecular flexibility index (Phi) is 5.82.